The molecule has 0 fully saturated rings. The van der Waals surface area contributed by atoms with E-state index in [0.717, 1.165) is 10.0 Å². The van der Waals surface area contributed by atoms with Crippen molar-refractivity contribution >= 4 is 27.5 Å². The maximum atomic E-state index is 6.18. The molecule has 0 saturated carbocycles. The number of halogens is 2. The minimum absolute atomic E-state index is 0.163. The first kappa shape index (κ1) is 12.6. The highest BCUT2D eigenvalue weighted by molar-refractivity contribution is 9.10. The zero-order valence-electron chi connectivity index (χ0n) is 9.79. The van der Waals surface area contributed by atoms with E-state index in [0.29, 0.717) is 16.8 Å². The first-order valence-corrected chi connectivity index (χ1v) is 6.35. The van der Waals surface area contributed by atoms with Gasteiger partial charge in [-0.1, -0.05) is 38.4 Å². The first-order chi connectivity index (χ1) is 7.89. The smallest absolute Gasteiger partial charge is 0.249 e. The van der Waals surface area contributed by atoms with Crippen molar-refractivity contribution in [2.24, 2.45) is 0 Å². The predicted octanol–water partition coefficient (Wildman–Crippen LogP) is 4.45. The van der Waals surface area contributed by atoms with Crippen molar-refractivity contribution in [3.63, 3.8) is 0 Å². The van der Waals surface area contributed by atoms with Crippen LogP contribution in [-0.4, -0.2) is 10.2 Å². The topological polar surface area (TPSA) is 38.9 Å². The molecule has 17 heavy (non-hydrogen) atoms. The van der Waals surface area contributed by atoms with Crippen LogP contribution < -0.4 is 0 Å². The molecule has 0 radical (unpaired) electrons. The van der Waals surface area contributed by atoms with Crippen LogP contribution in [-0.2, 0) is 5.41 Å². The van der Waals surface area contributed by atoms with Gasteiger partial charge in [0.2, 0.25) is 11.8 Å². The van der Waals surface area contributed by atoms with E-state index in [-0.39, 0.29) is 5.41 Å². The van der Waals surface area contributed by atoms with Crippen LogP contribution in [0.4, 0.5) is 0 Å². The molecule has 2 aromatic rings. The number of benzene rings is 1. The number of rotatable bonds is 1. The molecule has 0 aliphatic heterocycles. The summed E-state index contributed by atoms with van der Waals surface area (Å²) in [6, 6.07) is 5.60. The van der Waals surface area contributed by atoms with Gasteiger partial charge in [-0.3, -0.25) is 0 Å². The fourth-order valence-corrected chi connectivity index (χ4v) is 1.88. The van der Waals surface area contributed by atoms with Gasteiger partial charge in [0.1, 0.15) is 0 Å². The van der Waals surface area contributed by atoms with Gasteiger partial charge in [-0.2, -0.15) is 0 Å². The van der Waals surface area contributed by atoms with E-state index < -0.39 is 0 Å². The summed E-state index contributed by atoms with van der Waals surface area (Å²) < 4.78 is 6.45. The third-order valence-electron chi connectivity index (χ3n) is 2.25. The van der Waals surface area contributed by atoms with Crippen molar-refractivity contribution in [2.45, 2.75) is 26.2 Å². The third-order valence-corrected chi connectivity index (χ3v) is 3.54. The van der Waals surface area contributed by atoms with Gasteiger partial charge < -0.3 is 4.42 Å². The lowest BCUT2D eigenvalue weighted by Gasteiger charge is -2.11. The summed E-state index contributed by atoms with van der Waals surface area (Å²) in [6.07, 6.45) is 0. The van der Waals surface area contributed by atoms with Crippen molar-refractivity contribution in [1.82, 2.24) is 10.2 Å². The zero-order valence-corrected chi connectivity index (χ0v) is 12.1. The Kier molecular flexibility index (Phi) is 3.27. The van der Waals surface area contributed by atoms with Gasteiger partial charge in [0, 0.05) is 9.89 Å². The molecule has 0 aliphatic carbocycles. The molecule has 0 amide bonds. The van der Waals surface area contributed by atoms with E-state index in [2.05, 4.69) is 26.1 Å². The van der Waals surface area contributed by atoms with E-state index in [9.17, 15) is 0 Å². The molecular formula is C12H12BrClN2O. The Hall–Kier alpha value is -0.870. The lowest BCUT2D eigenvalue weighted by atomic mass is 9.97. The molecule has 90 valence electrons. The van der Waals surface area contributed by atoms with Crippen LogP contribution in [0.1, 0.15) is 26.7 Å². The number of hydrogen-bond acceptors (Lipinski definition) is 3. The van der Waals surface area contributed by atoms with Crippen molar-refractivity contribution in [3.05, 3.63) is 33.6 Å². The van der Waals surface area contributed by atoms with Crippen LogP contribution in [0.3, 0.4) is 0 Å². The summed E-state index contributed by atoms with van der Waals surface area (Å²) >= 11 is 9.54. The lowest BCUT2D eigenvalue weighted by Crippen LogP contribution is -2.11. The van der Waals surface area contributed by atoms with Crippen molar-refractivity contribution in [1.29, 1.82) is 0 Å². The summed E-state index contributed by atoms with van der Waals surface area (Å²) in [5.41, 5.74) is 0.577. The molecule has 2 rings (SSSR count). The number of nitrogens with zero attached hydrogens (tertiary/aromatic N) is 2. The molecule has 3 nitrogen and oxygen atoms in total. The molecule has 0 N–H and O–H groups in total. The summed E-state index contributed by atoms with van der Waals surface area (Å²) in [4.78, 5) is 0. The maximum Gasteiger partial charge on any atom is 0.249 e. The predicted molar refractivity (Wildman–Crippen MR) is 71.1 cm³/mol. The second-order valence-electron chi connectivity index (χ2n) is 4.76. The van der Waals surface area contributed by atoms with Crippen molar-refractivity contribution in [2.75, 3.05) is 0 Å². The molecule has 0 atom stereocenters. The molecule has 1 aromatic carbocycles. The fourth-order valence-electron chi connectivity index (χ4n) is 1.30. The molecule has 0 bridgehead atoms. The molecule has 1 heterocycles. The number of aromatic nitrogens is 2. The van der Waals surface area contributed by atoms with E-state index in [1.807, 2.05) is 39.0 Å². The first-order valence-electron chi connectivity index (χ1n) is 5.18. The summed E-state index contributed by atoms with van der Waals surface area (Å²) in [7, 11) is 0. The second kappa shape index (κ2) is 4.42. The molecule has 0 unspecified atom stereocenters. The van der Waals surface area contributed by atoms with E-state index in [4.69, 9.17) is 16.0 Å². The summed E-state index contributed by atoms with van der Waals surface area (Å²) in [6.45, 7) is 6.06. The molecule has 1 aromatic heterocycles. The quantitative estimate of drug-likeness (QED) is 0.780. The highest BCUT2D eigenvalue weighted by Crippen LogP contribution is 2.34. The average Bonchev–Trinajstić information content (AvgIpc) is 2.70. The van der Waals surface area contributed by atoms with Gasteiger partial charge in [0.25, 0.3) is 0 Å². The Balaban J connectivity index is 2.48. The van der Waals surface area contributed by atoms with Crippen LogP contribution in [0.25, 0.3) is 11.5 Å². The SMILES string of the molecule is CC(C)(C)c1nnc(-c2cccc(Br)c2Cl)o1. The minimum atomic E-state index is -0.163. The Bertz CT molecular complexity index is 546. The van der Waals surface area contributed by atoms with Crippen LogP contribution >= 0.6 is 27.5 Å². The van der Waals surface area contributed by atoms with Crippen LogP contribution in [0.15, 0.2) is 27.1 Å². The van der Waals surface area contributed by atoms with E-state index >= 15 is 0 Å². The second-order valence-corrected chi connectivity index (χ2v) is 6.00. The van der Waals surface area contributed by atoms with Crippen LogP contribution in [0.5, 0.6) is 0 Å². The fraction of sp³-hybridized carbons (Fsp3) is 0.333. The Morgan fingerprint density at radius 1 is 1.24 bits per heavy atom. The maximum absolute atomic E-state index is 6.18. The molecular weight excluding hydrogens is 304 g/mol. The van der Waals surface area contributed by atoms with Crippen molar-refractivity contribution < 1.29 is 4.42 Å². The monoisotopic (exact) mass is 314 g/mol. The highest BCUT2D eigenvalue weighted by atomic mass is 79.9. The number of hydrogen-bond donors (Lipinski definition) is 0. The van der Waals surface area contributed by atoms with Gasteiger partial charge in [-0.05, 0) is 28.1 Å². The van der Waals surface area contributed by atoms with Gasteiger partial charge in [-0.25, -0.2) is 0 Å². The summed E-state index contributed by atoms with van der Waals surface area (Å²) in [5, 5.41) is 8.66. The largest absolute Gasteiger partial charge is 0.420 e. The van der Waals surface area contributed by atoms with Gasteiger partial charge in [0.15, 0.2) is 0 Å². The van der Waals surface area contributed by atoms with Crippen LogP contribution in [0, 0.1) is 0 Å². The Labute approximate surface area is 113 Å². The van der Waals surface area contributed by atoms with Crippen LogP contribution in [0.2, 0.25) is 5.02 Å². The molecule has 0 saturated heterocycles. The third kappa shape index (κ3) is 2.53. The Morgan fingerprint density at radius 3 is 2.53 bits per heavy atom. The lowest BCUT2D eigenvalue weighted by molar-refractivity contribution is 0.399. The summed E-state index contributed by atoms with van der Waals surface area (Å²) in [5.74, 6) is 1.05. The van der Waals surface area contributed by atoms with Gasteiger partial charge in [-0.15, -0.1) is 10.2 Å². The Morgan fingerprint density at radius 2 is 1.94 bits per heavy atom. The van der Waals surface area contributed by atoms with E-state index in [1.54, 1.807) is 0 Å². The molecule has 0 aliphatic rings. The average molecular weight is 316 g/mol. The zero-order chi connectivity index (χ0) is 12.6. The van der Waals surface area contributed by atoms with Crippen molar-refractivity contribution in [3.8, 4) is 11.5 Å². The van der Waals surface area contributed by atoms with E-state index in [1.165, 1.54) is 0 Å². The minimum Gasteiger partial charge on any atom is -0.420 e. The standard InChI is InChI=1S/C12H12BrClN2O/c1-12(2,3)11-16-15-10(17-11)7-5-4-6-8(13)9(7)14/h4-6H,1-3H3. The highest BCUT2D eigenvalue weighted by Gasteiger charge is 2.22. The normalized spacial score (nSPS) is 11.8. The van der Waals surface area contributed by atoms with Gasteiger partial charge in [0.05, 0.1) is 10.6 Å². The van der Waals surface area contributed by atoms with Gasteiger partial charge >= 0.3 is 0 Å². The molecule has 0 spiro atoms. The molecule has 5 heteroatoms.